The van der Waals surface area contributed by atoms with Crippen molar-refractivity contribution in [2.24, 2.45) is 5.41 Å². The SMILES string of the molecule is CC(C)=CNCC(O)COCCCc1[nH]c2cccc(-c3cc4ccccc4[nH]3)c2c1OCCCCCCCCCC(C)(C)C. The van der Waals surface area contributed by atoms with Crippen LogP contribution in [0.2, 0.25) is 0 Å². The third kappa shape index (κ3) is 11.3. The van der Waals surface area contributed by atoms with E-state index < -0.39 is 6.10 Å². The van der Waals surface area contributed by atoms with Gasteiger partial charge in [-0.3, -0.25) is 0 Å². The van der Waals surface area contributed by atoms with Crippen LogP contribution in [0.15, 0.2) is 60.3 Å². The summed E-state index contributed by atoms with van der Waals surface area (Å²) >= 11 is 0. The molecular weight excluding hydrogens is 558 g/mol. The van der Waals surface area contributed by atoms with Crippen LogP contribution < -0.4 is 10.1 Å². The number of nitrogens with one attached hydrogen (secondary N) is 3. The Kier molecular flexibility index (Phi) is 13.5. The maximum absolute atomic E-state index is 10.2. The van der Waals surface area contributed by atoms with Crippen molar-refractivity contribution in [3.63, 3.8) is 0 Å². The van der Waals surface area contributed by atoms with Gasteiger partial charge in [0.25, 0.3) is 0 Å². The quantitative estimate of drug-likeness (QED) is 0.0746. The van der Waals surface area contributed by atoms with Crippen LogP contribution in [0.5, 0.6) is 5.75 Å². The van der Waals surface area contributed by atoms with Crippen molar-refractivity contribution in [1.29, 1.82) is 0 Å². The highest BCUT2D eigenvalue weighted by atomic mass is 16.5. The number of aryl methyl sites for hydroxylation is 1. The summed E-state index contributed by atoms with van der Waals surface area (Å²) in [5.41, 5.74) is 7.22. The van der Waals surface area contributed by atoms with Gasteiger partial charge in [-0.2, -0.15) is 0 Å². The minimum atomic E-state index is -0.532. The molecular formula is C39H57N3O3. The van der Waals surface area contributed by atoms with Crippen molar-refractivity contribution in [2.45, 2.75) is 105 Å². The molecule has 0 aliphatic rings. The molecule has 1 unspecified atom stereocenters. The van der Waals surface area contributed by atoms with E-state index in [0.29, 0.717) is 31.8 Å². The molecule has 6 heteroatoms. The van der Waals surface area contributed by atoms with E-state index in [9.17, 15) is 5.11 Å². The van der Waals surface area contributed by atoms with Crippen LogP contribution in [0.1, 0.15) is 98.1 Å². The van der Waals surface area contributed by atoms with Crippen LogP contribution in [0.4, 0.5) is 0 Å². The van der Waals surface area contributed by atoms with Crippen molar-refractivity contribution < 1.29 is 14.6 Å². The van der Waals surface area contributed by atoms with E-state index in [1.54, 1.807) is 0 Å². The molecule has 4 aromatic rings. The van der Waals surface area contributed by atoms with Gasteiger partial charge in [-0.25, -0.2) is 0 Å². The van der Waals surface area contributed by atoms with Gasteiger partial charge in [0.05, 0.1) is 35.9 Å². The van der Waals surface area contributed by atoms with Gasteiger partial charge in [-0.05, 0) is 69.3 Å². The van der Waals surface area contributed by atoms with E-state index in [1.165, 1.54) is 55.9 Å². The lowest BCUT2D eigenvalue weighted by Gasteiger charge is -2.17. The lowest BCUT2D eigenvalue weighted by atomic mass is 9.89. The number of hydrogen-bond acceptors (Lipinski definition) is 4. The number of aromatic amines is 2. The number of aliphatic hydroxyl groups is 1. The highest BCUT2D eigenvalue weighted by Crippen LogP contribution is 2.39. The average molecular weight is 616 g/mol. The number of aliphatic hydroxyl groups excluding tert-OH is 1. The van der Waals surface area contributed by atoms with E-state index >= 15 is 0 Å². The second-order valence-corrected chi connectivity index (χ2v) is 14.0. The first-order chi connectivity index (χ1) is 21.7. The fraction of sp³-hybridized carbons (Fsp3) is 0.538. The van der Waals surface area contributed by atoms with Gasteiger partial charge in [0, 0.05) is 35.3 Å². The number of fused-ring (bicyclic) bond motifs is 2. The summed E-state index contributed by atoms with van der Waals surface area (Å²) in [5.74, 6) is 0.965. The Balaban J connectivity index is 1.37. The molecule has 0 aliphatic heterocycles. The zero-order chi connectivity index (χ0) is 32.1. The molecule has 0 radical (unpaired) electrons. The summed E-state index contributed by atoms with van der Waals surface area (Å²) in [6.45, 7) is 13.2. The van der Waals surface area contributed by atoms with Crippen LogP contribution in [0.3, 0.4) is 0 Å². The van der Waals surface area contributed by atoms with Gasteiger partial charge < -0.3 is 29.9 Å². The number of hydrogen-bond donors (Lipinski definition) is 4. The van der Waals surface area contributed by atoms with Gasteiger partial charge in [-0.1, -0.05) is 95.2 Å². The number of aromatic nitrogens is 2. The van der Waals surface area contributed by atoms with Crippen LogP contribution in [0, 0.1) is 5.41 Å². The maximum Gasteiger partial charge on any atom is 0.148 e. The van der Waals surface area contributed by atoms with Crippen molar-refractivity contribution in [3.05, 3.63) is 66.0 Å². The fourth-order valence-corrected chi connectivity index (χ4v) is 5.89. The number of H-pyrrole nitrogens is 2. The summed E-state index contributed by atoms with van der Waals surface area (Å²) in [5, 5.41) is 15.7. The van der Waals surface area contributed by atoms with Crippen LogP contribution in [-0.2, 0) is 11.2 Å². The van der Waals surface area contributed by atoms with Crippen molar-refractivity contribution in [3.8, 4) is 17.0 Å². The van der Waals surface area contributed by atoms with Crippen molar-refractivity contribution in [2.75, 3.05) is 26.4 Å². The lowest BCUT2D eigenvalue weighted by molar-refractivity contribution is 0.0376. The molecule has 0 fully saturated rings. The van der Waals surface area contributed by atoms with Gasteiger partial charge in [-0.15, -0.1) is 0 Å². The highest BCUT2D eigenvalue weighted by molar-refractivity contribution is 6.02. The summed E-state index contributed by atoms with van der Waals surface area (Å²) in [4.78, 5) is 7.30. The largest absolute Gasteiger partial charge is 0.491 e. The first kappa shape index (κ1) is 34.6. The van der Waals surface area contributed by atoms with Crippen molar-refractivity contribution in [1.82, 2.24) is 15.3 Å². The van der Waals surface area contributed by atoms with E-state index in [-0.39, 0.29) is 0 Å². The lowest BCUT2D eigenvalue weighted by Crippen LogP contribution is -2.27. The summed E-state index contributed by atoms with van der Waals surface area (Å²) in [6.07, 6.45) is 13.2. The Morgan fingerprint density at radius 2 is 1.60 bits per heavy atom. The minimum Gasteiger partial charge on any atom is -0.491 e. The van der Waals surface area contributed by atoms with Gasteiger partial charge in [0.1, 0.15) is 5.75 Å². The average Bonchev–Trinajstić information content (AvgIpc) is 3.58. The number of unbranched alkanes of at least 4 members (excludes halogenated alkanes) is 6. The minimum absolute atomic E-state index is 0.320. The number of ether oxygens (including phenoxy) is 2. The Labute approximate surface area is 271 Å². The van der Waals surface area contributed by atoms with Gasteiger partial charge >= 0.3 is 0 Å². The Bertz CT molecular complexity index is 1440. The molecule has 1 atom stereocenters. The summed E-state index contributed by atoms with van der Waals surface area (Å²) < 4.78 is 12.5. The molecule has 2 heterocycles. The van der Waals surface area contributed by atoms with Gasteiger partial charge in [0.2, 0.25) is 0 Å². The molecule has 4 rings (SSSR count). The molecule has 246 valence electrons. The molecule has 45 heavy (non-hydrogen) atoms. The van der Waals surface area contributed by atoms with E-state index in [2.05, 4.69) is 84.6 Å². The maximum atomic E-state index is 10.2. The number of allylic oxidation sites excluding steroid dienone is 1. The summed E-state index contributed by atoms with van der Waals surface area (Å²) in [6, 6.07) is 17.1. The molecule has 2 aromatic carbocycles. The van der Waals surface area contributed by atoms with Crippen molar-refractivity contribution >= 4 is 21.8 Å². The first-order valence-electron chi connectivity index (χ1n) is 17.2. The van der Waals surface area contributed by atoms with E-state index in [4.69, 9.17) is 9.47 Å². The Morgan fingerprint density at radius 1 is 0.867 bits per heavy atom. The number of benzene rings is 2. The third-order valence-corrected chi connectivity index (χ3v) is 8.26. The second kappa shape index (κ2) is 17.5. The zero-order valence-electron chi connectivity index (χ0n) is 28.4. The molecule has 6 nitrogen and oxygen atoms in total. The number of rotatable bonds is 20. The summed E-state index contributed by atoms with van der Waals surface area (Å²) in [7, 11) is 0. The zero-order valence-corrected chi connectivity index (χ0v) is 28.4. The fourth-order valence-electron chi connectivity index (χ4n) is 5.89. The van der Waals surface area contributed by atoms with E-state index in [1.807, 2.05) is 20.0 Å². The Hall–Kier alpha value is -3.22. The van der Waals surface area contributed by atoms with E-state index in [0.717, 1.165) is 58.4 Å². The monoisotopic (exact) mass is 615 g/mol. The highest BCUT2D eigenvalue weighted by Gasteiger charge is 2.18. The predicted molar refractivity (Wildman–Crippen MR) is 190 cm³/mol. The van der Waals surface area contributed by atoms with Crippen LogP contribution in [-0.4, -0.2) is 47.5 Å². The van der Waals surface area contributed by atoms with Crippen LogP contribution >= 0.6 is 0 Å². The smallest absolute Gasteiger partial charge is 0.148 e. The van der Waals surface area contributed by atoms with Gasteiger partial charge in [0.15, 0.2) is 0 Å². The molecule has 4 N–H and O–H groups in total. The molecule has 0 amide bonds. The third-order valence-electron chi connectivity index (χ3n) is 8.26. The standard InChI is InChI=1S/C39H57N3O3/c1-29(2)26-40-27-31(43)28-44-23-16-21-35-38(45-24-14-10-8-6-7-9-13-22-39(3,4)5)37-32(18-15-20-34(37)42-35)36-25-30-17-11-12-19-33(30)41-36/h11-12,15,17-20,25-26,31,40-43H,6-10,13-14,16,21-24,27-28H2,1-5H3. The predicted octanol–water partition coefficient (Wildman–Crippen LogP) is 9.69. The molecule has 2 aromatic heterocycles. The first-order valence-corrected chi connectivity index (χ1v) is 17.2. The number of para-hydroxylation sites is 1. The molecule has 0 bridgehead atoms. The topological polar surface area (TPSA) is 82.3 Å². The normalized spacial score (nSPS) is 12.6. The second-order valence-electron chi connectivity index (χ2n) is 14.0. The Morgan fingerprint density at radius 3 is 2.36 bits per heavy atom. The molecule has 0 saturated carbocycles. The molecule has 0 saturated heterocycles. The van der Waals surface area contributed by atoms with Crippen LogP contribution in [0.25, 0.3) is 33.1 Å². The molecule has 0 spiro atoms. The molecule has 0 aliphatic carbocycles.